The molecule has 2 atom stereocenters. The molecule has 0 saturated heterocycles. The molecule has 0 bridgehead atoms. The van der Waals surface area contributed by atoms with Crippen LogP contribution >= 0.6 is 11.8 Å². The third-order valence-corrected chi connectivity index (χ3v) is 4.56. The van der Waals surface area contributed by atoms with Crippen molar-refractivity contribution >= 4 is 16.9 Å². The van der Waals surface area contributed by atoms with Crippen molar-refractivity contribution in [1.29, 1.82) is 0 Å². The molecule has 3 nitrogen and oxygen atoms in total. The van der Waals surface area contributed by atoms with Crippen LogP contribution in [-0.4, -0.2) is 48.5 Å². The number of nitrogens with zero attached hydrogens (tertiary/aromatic N) is 2. The molecule has 0 fully saturated rings. The highest BCUT2D eigenvalue weighted by molar-refractivity contribution is 8.14. The van der Waals surface area contributed by atoms with E-state index in [1.165, 1.54) is 6.42 Å². The van der Waals surface area contributed by atoms with E-state index in [2.05, 4.69) is 57.0 Å². The van der Waals surface area contributed by atoms with Gasteiger partial charge in [0, 0.05) is 17.8 Å². The number of amidine groups is 1. The molecule has 0 aromatic rings. The van der Waals surface area contributed by atoms with Gasteiger partial charge in [0.15, 0.2) is 5.17 Å². The summed E-state index contributed by atoms with van der Waals surface area (Å²) in [6.07, 6.45) is 1.20. The average Bonchev–Trinajstić information content (AvgIpc) is 2.63. The highest BCUT2D eigenvalue weighted by atomic mass is 32.2. The van der Waals surface area contributed by atoms with E-state index in [-0.39, 0.29) is 0 Å². The third-order valence-electron chi connectivity index (χ3n) is 3.09. The van der Waals surface area contributed by atoms with E-state index in [9.17, 15) is 0 Å². The van der Waals surface area contributed by atoms with E-state index >= 15 is 0 Å². The second-order valence-electron chi connectivity index (χ2n) is 6.28. The number of aliphatic imine (C=N–C) groups is 1. The molecule has 0 radical (unpaired) electrons. The average molecular weight is 271 g/mol. The van der Waals surface area contributed by atoms with Crippen molar-refractivity contribution in [2.75, 3.05) is 27.2 Å². The summed E-state index contributed by atoms with van der Waals surface area (Å²) < 4.78 is 0. The van der Waals surface area contributed by atoms with E-state index < -0.39 is 0 Å². The summed E-state index contributed by atoms with van der Waals surface area (Å²) in [5, 5.41) is 5.45. The van der Waals surface area contributed by atoms with Gasteiger partial charge in [0.05, 0.1) is 6.54 Å². The van der Waals surface area contributed by atoms with Crippen molar-refractivity contribution < 1.29 is 0 Å². The Morgan fingerprint density at radius 1 is 1.33 bits per heavy atom. The van der Waals surface area contributed by atoms with Crippen molar-refractivity contribution in [3.8, 4) is 0 Å². The van der Waals surface area contributed by atoms with E-state index in [1.54, 1.807) is 0 Å². The quantitative estimate of drug-likeness (QED) is 0.805. The van der Waals surface area contributed by atoms with Gasteiger partial charge in [0.2, 0.25) is 0 Å². The Kier molecular flexibility index (Phi) is 6.50. The predicted molar refractivity (Wildman–Crippen MR) is 83.5 cm³/mol. The van der Waals surface area contributed by atoms with Crippen LogP contribution < -0.4 is 5.32 Å². The Morgan fingerprint density at radius 2 is 2.00 bits per heavy atom. The molecule has 1 aliphatic heterocycles. The zero-order valence-corrected chi connectivity index (χ0v) is 13.5. The van der Waals surface area contributed by atoms with E-state index in [0.29, 0.717) is 17.2 Å². The minimum absolute atomic E-state index is 0.511. The normalized spacial score (nSPS) is 21.8. The highest BCUT2D eigenvalue weighted by Crippen LogP contribution is 2.26. The Balaban J connectivity index is 2.46. The van der Waals surface area contributed by atoms with Gasteiger partial charge in [-0.2, -0.15) is 0 Å². The lowest BCUT2D eigenvalue weighted by atomic mass is 10.0. The van der Waals surface area contributed by atoms with Crippen LogP contribution in [-0.2, 0) is 0 Å². The lowest BCUT2D eigenvalue weighted by Gasteiger charge is -2.25. The van der Waals surface area contributed by atoms with Gasteiger partial charge in [0.1, 0.15) is 0 Å². The van der Waals surface area contributed by atoms with Gasteiger partial charge in [-0.1, -0.05) is 39.5 Å². The molecule has 0 aromatic heterocycles. The van der Waals surface area contributed by atoms with Crippen LogP contribution in [0.2, 0.25) is 0 Å². The topological polar surface area (TPSA) is 27.6 Å². The van der Waals surface area contributed by atoms with Crippen molar-refractivity contribution in [3.05, 3.63) is 0 Å². The minimum atomic E-state index is 0.511. The van der Waals surface area contributed by atoms with Crippen LogP contribution in [0.15, 0.2) is 4.99 Å². The fourth-order valence-electron chi connectivity index (χ4n) is 2.18. The largest absolute Gasteiger partial charge is 0.361 e. The molecule has 0 spiro atoms. The summed E-state index contributed by atoms with van der Waals surface area (Å²) in [7, 11) is 4.27. The second-order valence-corrected chi connectivity index (χ2v) is 7.51. The second kappa shape index (κ2) is 7.39. The molecule has 0 amide bonds. The van der Waals surface area contributed by atoms with Crippen molar-refractivity contribution in [3.63, 3.8) is 0 Å². The first-order valence-corrected chi connectivity index (χ1v) is 7.88. The van der Waals surface area contributed by atoms with Crippen LogP contribution in [0.1, 0.15) is 34.1 Å². The molecule has 0 saturated carbocycles. The van der Waals surface area contributed by atoms with Crippen LogP contribution in [0, 0.1) is 11.8 Å². The Hall–Kier alpha value is -0.220. The van der Waals surface area contributed by atoms with E-state index in [1.807, 2.05) is 11.8 Å². The number of nitrogens with one attached hydrogen (secondary N) is 1. The minimum Gasteiger partial charge on any atom is -0.361 e. The fourth-order valence-corrected chi connectivity index (χ4v) is 3.27. The predicted octanol–water partition coefficient (Wildman–Crippen LogP) is 2.68. The summed E-state index contributed by atoms with van der Waals surface area (Å²) in [5.74, 6) is 1.42. The van der Waals surface area contributed by atoms with Crippen molar-refractivity contribution in [2.45, 2.75) is 45.4 Å². The summed E-state index contributed by atoms with van der Waals surface area (Å²) in [6, 6.07) is 0.511. The number of likely N-dealkylation sites (N-methyl/N-ethyl adjacent to an activating group) is 1. The van der Waals surface area contributed by atoms with Crippen molar-refractivity contribution in [1.82, 2.24) is 10.2 Å². The molecule has 0 aliphatic carbocycles. The molecule has 1 N–H and O–H groups in total. The van der Waals surface area contributed by atoms with Crippen molar-refractivity contribution in [2.24, 2.45) is 16.8 Å². The monoisotopic (exact) mass is 271 g/mol. The first-order valence-electron chi connectivity index (χ1n) is 7.00. The Morgan fingerprint density at radius 3 is 2.44 bits per heavy atom. The van der Waals surface area contributed by atoms with Crippen LogP contribution in [0.5, 0.6) is 0 Å². The Labute approximate surface area is 117 Å². The van der Waals surface area contributed by atoms with E-state index in [4.69, 9.17) is 0 Å². The van der Waals surface area contributed by atoms with Gasteiger partial charge in [-0.25, -0.2) is 0 Å². The van der Waals surface area contributed by atoms with E-state index in [0.717, 1.165) is 24.2 Å². The van der Waals surface area contributed by atoms with Gasteiger partial charge in [-0.05, 0) is 32.4 Å². The molecule has 1 heterocycles. The van der Waals surface area contributed by atoms with Crippen LogP contribution in [0.25, 0.3) is 0 Å². The summed E-state index contributed by atoms with van der Waals surface area (Å²) in [6.45, 7) is 11.2. The maximum atomic E-state index is 4.64. The van der Waals surface area contributed by atoms with Gasteiger partial charge >= 0.3 is 0 Å². The van der Waals surface area contributed by atoms with Crippen LogP contribution in [0.3, 0.4) is 0 Å². The highest BCUT2D eigenvalue weighted by Gasteiger charge is 2.24. The molecule has 18 heavy (non-hydrogen) atoms. The zero-order chi connectivity index (χ0) is 13.7. The zero-order valence-electron chi connectivity index (χ0n) is 12.7. The SMILES string of the molecule is CC(C)CC(CN(C)C)NC1=NCC(C(C)C)S1. The summed E-state index contributed by atoms with van der Waals surface area (Å²) in [4.78, 5) is 6.89. The standard InChI is InChI=1S/C14H29N3S/c1-10(2)7-12(9-17(5)6)16-14-15-8-13(18-14)11(3)4/h10-13H,7-9H2,1-6H3,(H,15,16). The smallest absolute Gasteiger partial charge is 0.157 e. The Bertz CT molecular complexity index is 264. The van der Waals surface area contributed by atoms with Gasteiger partial charge in [-0.15, -0.1) is 0 Å². The van der Waals surface area contributed by atoms with Gasteiger partial charge < -0.3 is 10.2 Å². The molecule has 0 aromatic carbocycles. The van der Waals surface area contributed by atoms with Gasteiger partial charge in [0.25, 0.3) is 0 Å². The number of hydrogen-bond acceptors (Lipinski definition) is 4. The summed E-state index contributed by atoms with van der Waals surface area (Å²) >= 11 is 1.92. The first kappa shape index (κ1) is 15.8. The molecule has 1 rings (SSSR count). The van der Waals surface area contributed by atoms with Crippen LogP contribution in [0.4, 0.5) is 0 Å². The molecular weight excluding hydrogens is 242 g/mol. The third kappa shape index (κ3) is 5.61. The number of thioether (sulfide) groups is 1. The van der Waals surface area contributed by atoms with Gasteiger partial charge in [-0.3, -0.25) is 4.99 Å². The maximum Gasteiger partial charge on any atom is 0.157 e. The number of rotatable bonds is 6. The molecule has 4 heteroatoms. The molecule has 1 aliphatic rings. The number of hydrogen-bond donors (Lipinski definition) is 1. The lowest BCUT2D eigenvalue weighted by molar-refractivity contribution is 0.329. The molecular formula is C14H29N3S. The maximum absolute atomic E-state index is 4.64. The lowest BCUT2D eigenvalue weighted by Crippen LogP contribution is -2.41. The fraction of sp³-hybridized carbons (Fsp3) is 0.929. The first-order chi connectivity index (χ1) is 8.38. The molecule has 2 unspecified atom stereocenters. The summed E-state index contributed by atoms with van der Waals surface area (Å²) in [5.41, 5.74) is 0. The molecule has 106 valence electrons.